The first kappa shape index (κ1) is 18.6. The molecule has 1 amide bonds. The molecule has 3 N–H and O–H groups in total. The minimum Gasteiger partial charge on any atom is -0.506 e. The molecule has 1 aromatic heterocycles. The van der Waals surface area contributed by atoms with Crippen LogP contribution in [0.3, 0.4) is 0 Å². The molecule has 1 heterocycles. The monoisotopic (exact) mass is 398 g/mol. The van der Waals surface area contributed by atoms with Crippen LogP contribution in [0, 0.1) is 0 Å². The number of H-pyrrole nitrogens is 1. The van der Waals surface area contributed by atoms with E-state index in [1.54, 1.807) is 13.0 Å². The van der Waals surface area contributed by atoms with E-state index in [-0.39, 0.29) is 22.1 Å². The van der Waals surface area contributed by atoms with Crippen LogP contribution in [0.1, 0.15) is 41.4 Å². The normalized spacial score (nSPS) is 14.0. The van der Waals surface area contributed by atoms with E-state index in [4.69, 9.17) is 0 Å². The van der Waals surface area contributed by atoms with Gasteiger partial charge in [-0.2, -0.15) is 0 Å². The molecule has 0 saturated heterocycles. The molecule has 0 spiro atoms. The summed E-state index contributed by atoms with van der Waals surface area (Å²) in [5, 5.41) is 13.7. The van der Waals surface area contributed by atoms with Crippen LogP contribution in [0.4, 0.5) is 5.69 Å². The van der Waals surface area contributed by atoms with E-state index in [1.165, 1.54) is 35.9 Å². The van der Waals surface area contributed by atoms with E-state index < -0.39 is 15.7 Å². The van der Waals surface area contributed by atoms with Gasteiger partial charge in [-0.1, -0.05) is 6.92 Å². The topological polar surface area (TPSA) is 99.3 Å². The number of aryl methyl sites for hydroxylation is 2. The highest BCUT2D eigenvalue weighted by Crippen LogP contribution is 2.31. The summed E-state index contributed by atoms with van der Waals surface area (Å²) in [6.07, 6.45) is 4.34. The van der Waals surface area contributed by atoms with Crippen LogP contribution in [0.2, 0.25) is 0 Å². The summed E-state index contributed by atoms with van der Waals surface area (Å²) in [6, 6.07) is 9.38. The quantitative estimate of drug-likeness (QED) is 0.582. The number of carbonyl (C=O) groups is 1. The summed E-state index contributed by atoms with van der Waals surface area (Å²) in [5.41, 5.74) is 4.07. The van der Waals surface area contributed by atoms with Gasteiger partial charge in [0.25, 0.3) is 5.91 Å². The molecule has 0 fully saturated rings. The van der Waals surface area contributed by atoms with Crippen molar-refractivity contribution < 1.29 is 18.3 Å². The number of aromatic nitrogens is 1. The zero-order valence-electron chi connectivity index (χ0n) is 15.6. The second-order valence-electron chi connectivity index (χ2n) is 7.09. The van der Waals surface area contributed by atoms with Gasteiger partial charge in [0.2, 0.25) is 0 Å². The molecule has 0 aliphatic heterocycles. The fourth-order valence-corrected chi connectivity index (χ4v) is 4.62. The first-order valence-electron chi connectivity index (χ1n) is 9.39. The highest BCUT2D eigenvalue weighted by Gasteiger charge is 2.18. The number of phenols is 1. The van der Waals surface area contributed by atoms with Crippen LogP contribution in [-0.2, 0) is 22.7 Å². The lowest BCUT2D eigenvalue weighted by Crippen LogP contribution is -2.13. The van der Waals surface area contributed by atoms with E-state index in [0.717, 1.165) is 30.2 Å². The molecule has 1 aliphatic carbocycles. The van der Waals surface area contributed by atoms with E-state index in [0.29, 0.717) is 5.56 Å². The highest BCUT2D eigenvalue weighted by atomic mass is 32.2. The van der Waals surface area contributed by atoms with Crippen LogP contribution in [0.15, 0.2) is 41.3 Å². The Hall–Kier alpha value is -2.80. The number of amides is 1. The first-order chi connectivity index (χ1) is 13.4. The molecule has 146 valence electrons. The van der Waals surface area contributed by atoms with Crippen LogP contribution >= 0.6 is 0 Å². The van der Waals surface area contributed by atoms with E-state index in [1.807, 2.05) is 12.1 Å². The van der Waals surface area contributed by atoms with Gasteiger partial charge in [-0.15, -0.1) is 0 Å². The second kappa shape index (κ2) is 6.98. The number of carbonyl (C=O) groups excluding carboxylic acids is 1. The standard InChI is InChI=1S/C21H22N2O4S/c1-2-28(26,27)14-8-10-20(24)19(12-14)23-21(25)13-7-9-18-16(11-13)15-5-3-4-6-17(15)22-18/h7-12,22,24H,2-6H2,1H3,(H,23,25). The van der Waals surface area contributed by atoms with Gasteiger partial charge >= 0.3 is 0 Å². The summed E-state index contributed by atoms with van der Waals surface area (Å²) in [7, 11) is -3.44. The van der Waals surface area contributed by atoms with Crippen molar-refractivity contribution in [3.63, 3.8) is 0 Å². The van der Waals surface area contributed by atoms with Crippen molar-refractivity contribution in [3.8, 4) is 5.75 Å². The Kier molecular flexibility index (Phi) is 4.63. The van der Waals surface area contributed by atoms with Gasteiger partial charge in [0.15, 0.2) is 9.84 Å². The molecular formula is C21H22N2O4S. The van der Waals surface area contributed by atoms with Gasteiger partial charge in [0, 0.05) is 22.2 Å². The number of fused-ring (bicyclic) bond motifs is 3. The number of rotatable bonds is 4. The first-order valence-corrected chi connectivity index (χ1v) is 11.0. The number of aromatic amines is 1. The van der Waals surface area contributed by atoms with Crippen molar-refractivity contribution >= 4 is 32.3 Å². The number of anilines is 1. The fraction of sp³-hybridized carbons (Fsp3) is 0.286. The van der Waals surface area contributed by atoms with Gasteiger partial charge < -0.3 is 15.4 Å². The Morgan fingerprint density at radius 1 is 1.14 bits per heavy atom. The van der Waals surface area contributed by atoms with E-state index in [2.05, 4.69) is 10.3 Å². The van der Waals surface area contributed by atoms with Crippen molar-refractivity contribution in [3.05, 3.63) is 53.2 Å². The molecule has 0 saturated carbocycles. The Morgan fingerprint density at radius 3 is 2.71 bits per heavy atom. The van der Waals surface area contributed by atoms with Gasteiger partial charge in [-0.3, -0.25) is 4.79 Å². The van der Waals surface area contributed by atoms with Gasteiger partial charge in [-0.25, -0.2) is 8.42 Å². The molecule has 28 heavy (non-hydrogen) atoms. The lowest BCUT2D eigenvalue weighted by Gasteiger charge is -2.11. The molecule has 0 atom stereocenters. The average molecular weight is 398 g/mol. The number of hydrogen-bond acceptors (Lipinski definition) is 4. The van der Waals surface area contributed by atoms with Crippen LogP contribution in [-0.4, -0.2) is 30.2 Å². The average Bonchev–Trinajstić information content (AvgIpc) is 3.07. The Labute approximate surface area is 163 Å². The van der Waals surface area contributed by atoms with Crippen molar-refractivity contribution in [1.29, 1.82) is 0 Å². The van der Waals surface area contributed by atoms with Gasteiger partial charge in [0.05, 0.1) is 16.3 Å². The molecule has 1 aliphatic rings. The molecule has 7 heteroatoms. The number of aromatic hydroxyl groups is 1. The Bertz CT molecular complexity index is 1180. The maximum atomic E-state index is 12.7. The maximum Gasteiger partial charge on any atom is 0.255 e. The van der Waals surface area contributed by atoms with Gasteiger partial charge in [-0.05, 0) is 67.6 Å². The SMILES string of the molecule is CCS(=O)(=O)c1ccc(O)c(NC(=O)c2ccc3[nH]c4c(c3c2)CCCC4)c1. The predicted octanol–water partition coefficient (Wildman–Crippen LogP) is 3.80. The smallest absolute Gasteiger partial charge is 0.255 e. The van der Waals surface area contributed by atoms with Crippen LogP contribution in [0.5, 0.6) is 5.75 Å². The molecule has 2 aromatic carbocycles. The summed E-state index contributed by atoms with van der Waals surface area (Å²) < 4.78 is 24.2. The van der Waals surface area contributed by atoms with E-state index in [9.17, 15) is 18.3 Å². The third-order valence-electron chi connectivity index (χ3n) is 5.32. The van der Waals surface area contributed by atoms with Crippen molar-refractivity contribution in [2.45, 2.75) is 37.5 Å². The molecule has 0 bridgehead atoms. The third kappa shape index (κ3) is 3.26. The van der Waals surface area contributed by atoms with Crippen molar-refractivity contribution in [1.82, 2.24) is 4.98 Å². The summed E-state index contributed by atoms with van der Waals surface area (Å²) in [5.74, 6) is -0.627. The molecule has 0 radical (unpaired) electrons. The summed E-state index contributed by atoms with van der Waals surface area (Å²) >= 11 is 0. The molecular weight excluding hydrogens is 376 g/mol. The molecule has 4 rings (SSSR count). The lowest BCUT2D eigenvalue weighted by atomic mass is 9.95. The van der Waals surface area contributed by atoms with Crippen molar-refractivity contribution in [2.24, 2.45) is 0 Å². The molecule has 3 aromatic rings. The minimum absolute atomic E-state index is 0.0551. The second-order valence-corrected chi connectivity index (χ2v) is 9.36. The van der Waals surface area contributed by atoms with Gasteiger partial charge in [0.1, 0.15) is 5.75 Å². The summed E-state index contributed by atoms with van der Waals surface area (Å²) in [4.78, 5) is 16.2. The van der Waals surface area contributed by atoms with Crippen molar-refractivity contribution in [2.75, 3.05) is 11.1 Å². The number of hydrogen-bond donors (Lipinski definition) is 3. The van der Waals surface area contributed by atoms with Crippen LogP contribution in [0.25, 0.3) is 10.9 Å². The minimum atomic E-state index is -3.44. The maximum absolute atomic E-state index is 12.7. The fourth-order valence-electron chi connectivity index (χ4n) is 3.72. The molecule has 6 nitrogen and oxygen atoms in total. The number of benzene rings is 2. The number of phenolic OH excluding ortho intramolecular Hbond substituents is 1. The number of sulfone groups is 1. The zero-order valence-corrected chi connectivity index (χ0v) is 16.4. The summed E-state index contributed by atoms with van der Waals surface area (Å²) in [6.45, 7) is 1.55. The van der Waals surface area contributed by atoms with Crippen LogP contribution < -0.4 is 5.32 Å². The Balaban J connectivity index is 1.66. The largest absolute Gasteiger partial charge is 0.506 e. The predicted molar refractivity (Wildman–Crippen MR) is 109 cm³/mol. The lowest BCUT2D eigenvalue weighted by molar-refractivity contribution is 0.102. The Morgan fingerprint density at radius 2 is 1.93 bits per heavy atom. The highest BCUT2D eigenvalue weighted by molar-refractivity contribution is 7.91. The number of nitrogens with one attached hydrogen (secondary N) is 2. The third-order valence-corrected chi connectivity index (χ3v) is 7.05. The van der Waals surface area contributed by atoms with E-state index >= 15 is 0 Å². The zero-order chi connectivity index (χ0) is 19.9. The molecule has 0 unspecified atom stereocenters.